The van der Waals surface area contributed by atoms with Gasteiger partial charge < -0.3 is 5.32 Å². The Bertz CT molecular complexity index is 749. The molecule has 0 spiro atoms. The average Bonchev–Trinajstić information content (AvgIpc) is 3.22. The lowest BCUT2D eigenvalue weighted by Gasteiger charge is -2.21. The van der Waals surface area contributed by atoms with Gasteiger partial charge in [-0.05, 0) is 31.4 Å². The van der Waals surface area contributed by atoms with E-state index in [1.807, 2.05) is 19.1 Å². The van der Waals surface area contributed by atoms with Crippen LogP contribution in [0.25, 0.3) is 5.65 Å². The first-order chi connectivity index (χ1) is 10.1. The van der Waals surface area contributed by atoms with Gasteiger partial charge in [-0.3, -0.25) is 4.40 Å². The second-order valence-electron chi connectivity index (χ2n) is 5.29. The number of nitrogens with zero attached hydrogens (tertiary/aromatic N) is 3. The highest BCUT2D eigenvalue weighted by Gasteiger charge is 2.40. The number of anilines is 1. The van der Waals surface area contributed by atoms with Crippen LogP contribution in [0.1, 0.15) is 26.2 Å². The van der Waals surface area contributed by atoms with E-state index in [1.54, 1.807) is 28.0 Å². The smallest absolute Gasteiger partial charge is 0.263 e. The van der Waals surface area contributed by atoms with E-state index in [2.05, 4.69) is 10.3 Å². The summed E-state index contributed by atoms with van der Waals surface area (Å²) in [5.41, 5.74) is 0.632. The van der Waals surface area contributed by atoms with E-state index in [4.69, 9.17) is 0 Å². The van der Waals surface area contributed by atoms with Gasteiger partial charge in [0, 0.05) is 25.8 Å². The summed E-state index contributed by atoms with van der Waals surface area (Å²) < 4.78 is 29.4. The molecule has 0 bridgehead atoms. The molecule has 0 amide bonds. The first kappa shape index (κ1) is 14.3. The van der Waals surface area contributed by atoms with E-state index in [1.165, 1.54) is 0 Å². The topological polar surface area (TPSA) is 66.7 Å². The number of imidazole rings is 1. The molecule has 114 valence electrons. The molecular weight excluding hydrogens is 288 g/mol. The highest BCUT2D eigenvalue weighted by Crippen LogP contribution is 2.34. The Hall–Kier alpha value is -1.60. The summed E-state index contributed by atoms with van der Waals surface area (Å²) >= 11 is 0. The Morgan fingerprint density at radius 2 is 2.19 bits per heavy atom. The second kappa shape index (κ2) is 5.31. The number of fused-ring (bicyclic) bond motifs is 1. The minimum Gasteiger partial charge on any atom is -0.371 e. The molecule has 1 aliphatic carbocycles. The van der Waals surface area contributed by atoms with Crippen molar-refractivity contribution in [2.45, 2.75) is 37.3 Å². The van der Waals surface area contributed by atoms with Crippen molar-refractivity contribution in [3.05, 3.63) is 24.4 Å². The molecule has 1 saturated carbocycles. The average molecular weight is 308 g/mol. The van der Waals surface area contributed by atoms with Gasteiger partial charge in [0.25, 0.3) is 10.0 Å². The van der Waals surface area contributed by atoms with Gasteiger partial charge in [0.15, 0.2) is 10.8 Å². The van der Waals surface area contributed by atoms with Gasteiger partial charge in [0.2, 0.25) is 0 Å². The maximum absolute atomic E-state index is 13.1. The molecule has 1 N–H and O–H groups in total. The molecule has 21 heavy (non-hydrogen) atoms. The molecule has 3 rings (SSSR count). The number of hydrogen-bond acceptors (Lipinski definition) is 4. The van der Waals surface area contributed by atoms with E-state index in [0.29, 0.717) is 18.0 Å². The Labute approximate surface area is 124 Å². The molecule has 6 nitrogen and oxygen atoms in total. The normalized spacial score (nSPS) is 15.8. The molecular formula is C14H20N4O2S. The van der Waals surface area contributed by atoms with E-state index < -0.39 is 10.0 Å². The predicted molar refractivity (Wildman–Crippen MR) is 81.9 cm³/mol. The van der Waals surface area contributed by atoms with Crippen molar-refractivity contribution in [1.82, 2.24) is 13.7 Å². The fourth-order valence-electron chi connectivity index (χ4n) is 2.58. The lowest BCUT2D eigenvalue weighted by atomic mass is 10.5. The number of rotatable bonds is 6. The first-order valence-corrected chi connectivity index (χ1v) is 8.70. The number of aromatic nitrogens is 2. The van der Waals surface area contributed by atoms with Crippen LogP contribution in [-0.4, -0.2) is 41.7 Å². The Morgan fingerprint density at radius 3 is 2.81 bits per heavy atom. The fourth-order valence-corrected chi connectivity index (χ4v) is 4.62. The van der Waals surface area contributed by atoms with Gasteiger partial charge >= 0.3 is 0 Å². The standard InChI is InChI=1S/C14H20N4O2S/c1-3-9-18(11-7-8-11)21(19,20)14-13(15-2)16-12-6-4-5-10-17(12)14/h4-6,10-11,15H,3,7-9H2,1-2H3. The highest BCUT2D eigenvalue weighted by atomic mass is 32.2. The SMILES string of the molecule is CCCN(C1CC1)S(=O)(=O)c1c(NC)nc2ccccn12. The van der Waals surface area contributed by atoms with Crippen LogP contribution < -0.4 is 5.32 Å². The maximum Gasteiger partial charge on any atom is 0.263 e. The lowest BCUT2D eigenvalue weighted by molar-refractivity contribution is 0.401. The fraction of sp³-hybridized carbons (Fsp3) is 0.500. The molecule has 0 unspecified atom stereocenters. The third kappa shape index (κ3) is 2.40. The first-order valence-electron chi connectivity index (χ1n) is 7.26. The van der Waals surface area contributed by atoms with Crippen molar-refractivity contribution < 1.29 is 8.42 Å². The van der Waals surface area contributed by atoms with Crippen LogP contribution >= 0.6 is 0 Å². The van der Waals surface area contributed by atoms with Gasteiger partial charge in [0.1, 0.15) is 5.65 Å². The minimum atomic E-state index is -3.55. The summed E-state index contributed by atoms with van der Waals surface area (Å²) in [5, 5.41) is 3.15. The summed E-state index contributed by atoms with van der Waals surface area (Å²) in [4.78, 5) is 4.37. The van der Waals surface area contributed by atoms with Crippen LogP contribution in [0.2, 0.25) is 0 Å². The molecule has 0 saturated heterocycles. The zero-order valence-corrected chi connectivity index (χ0v) is 13.1. The number of nitrogens with one attached hydrogen (secondary N) is 1. The van der Waals surface area contributed by atoms with E-state index in [-0.39, 0.29) is 11.1 Å². The summed E-state index contributed by atoms with van der Waals surface area (Å²) in [6, 6.07) is 5.62. The van der Waals surface area contributed by atoms with Gasteiger partial charge in [-0.2, -0.15) is 4.31 Å². The van der Waals surface area contributed by atoms with Crippen LogP contribution in [0.4, 0.5) is 5.82 Å². The van der Waals surface area contributed by atoms with Crippen LogP contribution in [0.5, 0.6) is 0 Å². The predicted octanol–water partition coefficient (Wildman–Crippen LogP) is 1.94. The van der Waals surface area contributed by atoms with Gasteiger partial charge in [0.05, 0.1) is 0 Å². The van der Waals surface area contributed by atoms with E-state index in [9.17, 15) is 8.42 Å². The van der Waals surface area contributed by atoms with E-state index in [0.717, 1.165) is 19.3 Å². The zero-order valence-electron chi connectivity index (χ0n) is 12.3. The van der Waals surface area contributed by atoms with Crippen molar-refractivity contribution in [3.63, 3.8) is 0 Å². The summed E-state index contributed by atoms with van der Waals surface area (Å²) in [6.45, 7) is 2.55. The minimum absolute atomic E-state index is 0.147. The summed E-state index contributed by atoms with van der Waals surface area (Å²) in [7, 11) is -1.86. The van der Waals surface area contributed by atoms with Crippen LogP contribution in [-0.2, 0) is 10.0 Å². The molecule has 0 aliphatic heterocycles. The Kier molecular flexibility index (Phi) is 3.62. The van der Waals surface area contributed by atoms with Crippen molar-refractivity contribution in [1.29, 1.82) is 0 Å². The molecule has 7 heteroatoms. The number of sulfonamides is 1. The van der Waals surface area contributed by atoms with Gasteiger partial charge in [-0.25, -0.2) is 13.4 Å². The molecule has 1 fully saturated rings. The largest absolute Gasteiger partial charge is 0.371 e. The van der Waals surface area contributed by atoms with E-state index >= 15 is 0 Å². The zero-order chi connectivity index (χ0) is 15.0. The van der Waals surface area contributed by atoms with Crippen molar-refractivity contribution >= 4 is 21.5 Å². The molecule has 0 atom stereocenters. The van der Waals surface area contributed by atoms with Crippen molar-refractivity contribution in [2.24, 2.45) is 0 Å². The quantitative estimate of drug-likeness (QED) is 0.885. The summed E-state index contributed by atoms with van der Waals surface area (Å²) in [6.07, 6.45) is 4.45. The molecule has 0 aromatic carbocycles. The third-order valence-electron chi connectivity index (χ3n) is 3.67. The second-order valence-corrected chi connectivity index (χ2v) is 7.10. The lowest BCUT2D eigenvalue weighted by Crippen LogP contribution is -2.34. The van der Waals surface area contributed by atoms with Crippen LogP contribution in [0, 0.1) is 0 Å². The Balaban J connectivity index is 2.17. The maximum atomic E-state index is 13.1. The van der Waals surface area contributed by atoms with Crippen LogP contribution in [0.15, 0.2) is 29.4 Å². The molecule has 2 heterocycles. The highest BCUT2D eigenvalue weighted by molar-refractivity contribution is 7.89. The van der Waals surface area contributed by atoms with Gasteiger partial charge in [-0.1, -0.05) is 13.0 Å². The van der Waals surface area contributed by atoms with Crippen molar-refractivity contribution in [3.8, 4) is 0 Å². The molecule has 0 radical (unpaired) electrons. The van der Waals surface area contributed by atoms with Crippen molar-refractivity contribution in [2.75, 3.05) is 18.9 Å². The number of hydrogen-bond donors (Lipinski definition) is 1. The number of pyridine rings is 1. The molecule has 1 aliphatic rings. The molecule has 2 aromatic heterocycles. The Morgan fingerprint density at radius 1 is 1.43 bits per heavy atom. The van der Waals surface area contributed by atoms with Gasteiger partial charge in [-0.15, -0.1) is 0 Å². The third-order valence-corrected chi connectivity index (χ3v) is 5.65. The van der Waals surface area contributed by atoms with Crippen LogP contribution in [0.3, 0.4) is 0 Å². The summed E-state index contributed by atoms with van der Waals surface area (Å²) in [5.74, 6) is 0.406. The monoisotopic (exact) mass is 308 g/mol. The molecule has 2 aromatic rings.